The maximum absolute atomic E-state index is 2.38. The van der Waals surface area contributed by atoms with Crippen molar-refractivity contribution < 1.29 is 0 Å². The molecule has 0 fully saturated rings. The van der Waals surface area contributed by atoms with E-state index in [0.717, 1.165) is 5.25 Å². The predicted molar refractivity (Wildman–Crippen MR) is 97.9 cm³/mol. The first-order valence-corrected chi connectivity index (χ1v) is 10.5. The Kier molecular flexibility index (Phi) is 17.7. The average molecular weight is 301 g/mol. The van der Waals surface area contributed by atoms with Gasteiger partial charge in [0.15, 0.2) is 0 Å². The molecule has 0 aliphatic rings. The summed E-state index contributed by atoms with van der Waals surface area (Å²) >= 11 is 2.18. The zero-order chi connectivity index (χ0) is 14.9. The number of hydrogen-bond donors (Lipinski definition) is 0. The molecule has 0 N–H and O–H groups in total. The predicted octanol–water partition coefficient (Wildman–Crippen LogP) is 7.61. The number of hydrogen-bond acceptors (Lipinski definition) is 1. The van der Waals surface area contributed by atoms with Gasteiger partial charge in [-0.15, -0.1) is 0 Å². The summed E-state index contributed by atoms with van der Waals surface area (Å²) in [6.45, 7) is 6.97. The van der Waals surface area contributed by atoms with E-state index in [9.17, 15) is 0 Å². The summed E-state index contributed by atoms with van der Waals surface area (Å²) in [4.78, 5) is 0. The van der Waals surface area contributed by atoms with Crippen LogP contribution in [0.1, 0.15) is 111 Å². The molecule has 0 aliphatic carbocycles. The fraction of sp³-hybridized carbons (Fsp3) is 1.00. The monoisotopic (exact) mass is 300 g/mol. The van der Waals surface area contributed by atoms with Crippen molar-refractivity contribution in [3.8, 4) is 0 Å². The Labute approximate surface area is 133 Å². The van der Waals surface area contributed by atoms with Crippen LogP contribution in [-0.2, 0) is 0 Å². The largest absolute Gasteiger partial charge is 0.159 e. The Morgan fingerprint density at radius 3 is 1.50 bits per heavy atom. The van der Waals surface area contributed by atoms with Gasteiger partial charge in [0.1, 0.15) is 0 Å². The molecule has 0 spiro atoms. The Balaban J connectivity index is 2.99. The third kappa shape index (κ3) is 16.4. The molecule has 0 nitrogen and oxygen atoms in total. The summed E-state index contributed by atoms with van der Waals surface area (Å²) in [6.07, 6.45) is 20.2. The molecule has 0 aliphatic heterocycles. The zero-order valence-corrected chi connectivity index (χ0v) is 15.4. The molecule has 0 saturated carbocycles. The minimum Gasteiger partial charge on any atom is -0.159 e. The first-order chi connectivity index (χ1) is 9.81. The molecular weight excluding hydrogens is 260 g/mol. The molecule has 0 aromatic carbocycles. The van der Waals surface area contributed by atoms with E-state index in [1.54, 1.807) is 0 Å². The highest BCUT2D eigenvalue weighted by molar-refractivity contribution is 7.99. The maximum atomic E-state index is 2.38. The van der Waals surface area contributed by atoms with Crippen LogP contribution in [0.25, 0.3) is 0 Å². The van der Waals surface area contributed by atoms with Gasteiger partial charge in [-0.05, 0) is 18.6 Å². The molecule has 0 aromatic rings. The summed E-state index contributed by atoms with van der Waals surface area (Å²) < 4.78 is 0. The molecular formula is C19H40S. The van der Waals surface area contributed by atoms with Crippen LogP contribution >= 0.6 is 11.8 Å². The van der Waals surface area contributed by atoms with Gasteiger partial charge in [-0.2, -0.15) is 11.8 Å². The van der Waals surface area contributed by atoms with E-state index in [1.807, 2.05) is 0 Å². The number of unbranched alkanes of at least 4 members (excludes halogenated alkanes) is 11. The highest BCUT2D eigenvalue weighted by Crippen LogP contribution is 2.18. The highest BCUT2D eigenvalue weighted by atomic mass is 32.2. The lowest BCUT2D eigenvalue weighted by Crippen LogP contribution is -1.96. The van der Waals surface area contributed by atoms with Crippen molar-refractivity contribution in [3.63, 3.8) is 0 Å². The van der Waals surface area contributed by atoms with Crippen LogP contribution in [0.15, 0.2) is 0 Å². The van der Waals surface area contributed by atoms with E-state index >= 15 is 0 Å². The van der Waals surface area contributed by atoms with Crippen molar-refractivity contribution in [1.29, 1.82) is 0 Å². The van der Waals surface area contributed by atoms with Crippen LogP contribution in [0.2, 0.25) is 0 Å². The summed E-state index contributed by atoms with van der Waals surface area (Å²) in [5.74, 6) is 1.39. The second kappa shape index (κ2) is 17.4. The van der Waals surface area contributed by atoms with Crippen LogP contribution in [0.3, 0.4) is 0 Å². The van der Waals surface area contributed by atoms with E-state index in [0.29, 0.717) is 0 Å². The smallest absolute Gasteiger partial charge is 0.00186 e. The van der Waals surface area contributed by atoms with Crippen molar-refractivity contribution in [2.45, 2.75) is 116 Å². The zero-order valence-electron chi connectivity index (χ0n) is 14.6. The number of thioether (sulfide) groups is 1. The third-order valence-corrected chi connectivity index (χ3v) is 5.42. The maximum Gasteiger partial charge on any atom is 0.00186 e. The van der Waals surface area contributed by atoms with E-state index in [4.69, 9.17) is 0 Å². The van der Waals surface area contributed by atoms with Crippen LogP contribution in [0, 0.1) is 0 Å². The fourth-order valence-corrected chi connectivity index (χ4v) is 3.89. The first-order valence-electron chi connectivity index (χ1n) is 9.42. The van der Waals surface area contributed by atoms with E-state index in [-0.39, 0.29) is 0 Å². The summed E-state index contributed by atoms with van der Waals surface area (Å²) in [5, 5.41) is 0.882. The van der Waals surface area contributed by atoms with Crippen LogP contribution < -0.4 is 0 Å². The van der Waals surface area contributed by atoms with Crippen LogP contribution in [0.5, 0.6) is 0 Å². The van der Waals surface area contributed by atoms with E-state index in [2.05, 4.69) is 32.5 Å². The topological polar surface area (TPSA) is 0 Å². The minimum atomic E-state index is 0.882. The molecule has 0 radical (unpaired) electrons. The van der Waals surface area contributed by atoms with Crippen molar-refractivity contribution in [1.82, 2.24) is 0 Å². The molecule has 1 heteroatoms. The van der Waals surface area contributed by atoms with Crippen LogP contribution in [-0.4, -0.2) is 11.0 Å². The molecule has 0 amide bonds. The number of rotatable bonds is 16. The SMILES string of the molecule is CCCCCCCCCCCCCCSC(C)CCC. The van der Waals surface area contributed by atoms with Crippen molar-refractivity contribution in [2.75, 3.05) is 5.75 Å². The molecule has 20 heavy (non-hydrogen) atoms. The van der Waals surface area contributed by atoms with E-state index < -0.39 is 0 Å². The van der Waals surface area contributed by atoms with Gasteiger partial charge < -0.3 is 0 Å². The molecule has 0 bridgehead atoms. The summed E-state index contributed by atoms with van der Waals surface area (Å²) in [7, 11) is 0. The van der Waals surface area contributed by atoms with Gasteiger partial charge in [0, 0.05) is 5.25 Å². The quantitative estimate of drug-likeness (QED) is 0.264. The lowest BCUT2D eigenvalue weighted by molar-refractivity contribution is 0.548. The molecule has 0 saturated heterocycles. The van der Waals surface area contributed by atoms with Crippen LogP contribution in [0.4, 0.5) is 0 Å². The molecule has 0 heterocycles. The molecule has 0 rings (SSSR count). The Morgan fingerprint density at radius 1 is 0.600 bits per heavy atom. The molecule has 0 aromatic heterocycles. The van der Waals surface area contributed by atoms with Gasteiger partial charge in [0.2, 0.25) is 0 Å². The molecule has 1 unspecified atom stereocenters. The lowest BCUT2D eigenvalue weighted by atomic mass is 10.1. The van der Waals surface area contributed by atoms with Gasteiger partial charge in [0.25, 0.3) is 0 Å². The molecule has 1 atom stereocenters. The second-order valence-corrected chi connectivity index (χ2v) is 7.91. The first kappa shape index (κ1) is 20.3. The van der Waals surface area contributed by atoms with Crippen molar-refractivity contribution in [3.05, 3.63) is 0 Å². The fourth-order valence-electron chi connectivity index (χ4n) is 2.72. The Morgan fingerprint density at radius 2 is 1.05 bits per heavy atom. The van der Waals surface area contributed by atoms with Gasteiger partial charge in [-0.25, -0.2) is 0 Å². The average Bonchev–Trinajstić information content (AvgIpc) is 2.44. The highest BCUT2D eigenvalue weighted by Gasteiger charge is 2.00. The summed E-state index contributed by atoms with van der Waals surface area (Å²) in [6, 6.07) is 0. The van der Waals surface area contributed by atoms with Gasteiger partial charge in [-0.1, -0.05) is 97.8 Å². The van der Waals surface area contributed by atoms with E-state index in [1.165, 1.54) is 95.6 Å². The summed E-state index contributed by atoms with van der Waals surface area (Å²) in [5.41, 5.74) is 0. The lowest BCUT2D eigenvalue weighted by Gasteiger charge is -2.09. The Hall–Kier alpha value is 0.350. The minimum absolute atomic E-state index is 0.882. The molecule has 122 valence electrons. The van der Waals surface area contributed by atoms with Crippen molar-refractivity contribution >= 4 is 11.8 Å². The standard InChI is InChI=1S/C19H40S/c1-4-6-7-8-9-10-11-12-13-14-15-16-18-20-19(3)17-5-2/h19H,4-18H2,1-3H3. The Bertz CT molecular complexity index is 167. The van der Waals surface area contributed by atoms with Gasteiger partial charge >= 0.3 is 0 Å². The second-order valence-electron chi connectivity index (χ2n) is 6.36. The third-order valence-electron chi connectivity index (χ3n) is 4.10. The van der Waals surface area contributed by atoms with Crippen molar-refractivity contribution in [2.24, 2.45) is 0 Å². The normalized spacial score (nSPS) is 12.8. The van der Waals surface area contributed by atoms with Gasteiger partial charge in [0.05, 0.1) is 0 Å². The van der Waals surface area contributed by atoms with Gasteiger partial charge in [-0.3, -0.25) is 0 Å².